The smallest absolute Gasteiger partial charge is 0.326 e. The Balaban J connectivity index is 2.32. The molecule has 37 heavy (non-hydrogen) atoms. The van der Waals surface area contributed by atoms with Crippen molar-refractivity contribution in [2.24, 2.45) is 17.4 Å². The Morgan fingerprint density at radius 3 is 2.11 bits per heavy atom. The second-order valence-electron chi connectivity index (χ2n) is 9.51. The van der Waals surface area contributed by atoms with E-state index in [-0.39, 0.29) is 25.2 Å². The van der Waals surface area contributed by atoms with Crippen molar-refractivity contribution in [1.82, 2.24) is 20.9 Å². The summed E-state index contributed by atoms with van der Waals surface area (Å²) in [4.78, 5) is 64.6. The fraction of sp³-hybridized carbons (Fsp3) is 0.480. The topological polar surface area (TPSA) is 209 Å². The van der Waals surface area contributed by atoms with Crippen LogP contribution in [0.2, 0.25) is 0 Å². The molecule has 0 spiro atoms. The molecule has 0 bridgehead atoms. The number of aromatic nitrogens is 1. The summed E-state index contributed by atoms with van der Waals surface area (Å²) in [5.74, 6) is -3.88. The molecule has 2 aromatic rings. The van der Waals surface area contributed by atoms with Gasteiger partial charge < -0.3 is 37.5 Å². The maximum atomic E-state index is 13.3. The predicted molar refractivity (Wildman–Crippen MR) is 137 cm³/mol. The number of amides is 4. The van der Waals surface area contributed by atoms with Gasteiger partial charge >= 0.3 is 5.97 Å². The van der Waals surface area contributed by atoms with Crippen molar-refractivity contribution in [3.05, 3.63) is 36.0 Å². The number of nitrogens with one attached hydrogen (secondary N) is 4. The first-order valence-corrected chi connectivity index (χ1v) is 12.1. The molecule has 0 aliphatic carbocycles. The van der Waals surface area contributed by atoms with Crippen LogP contribution < -0.4 is 27.4 Å². The number of primary amides is 1. The van der Waals surface area contributed by atoms with Crippen molar-refractivity contribution in [3.63, 3.8) is 0 Å². The number of nitrogens with two attached hydrogens (primary N) is 2. The molecular weight excluding hydrogens is 480 g/mol. The SMILES string of the molecule is CC(C)CC(NC(=O)C(C)N)C(=O)NC(Cc1c[nH]c2ccccc12)C(=O)NC(CCC(N)=O)C(=O)O. The highest BCUT2D eigenvalue weighted by atomic mass is 16.4. The molecule has 0 saturated heterocycles. The van der Waals surface area contributed by atoms with Crippen LogP contribution in [0.4, 0.5) is 0 Å². The molecule has 4 atom stereocenters. The quantitative estimate of drug-likeness (QED) is 0.181. The lowest BCUT2D eigenvalue weighted by Gasteiger charge is -2.25. The van der Waals surface area contributed by atoms with Gasteiger partial charge in [0, 0.05) is 29.9 Å². The Kier molecular flexibility index (Phi) is 10.6. The van der Waals surface area contributed by atoms with Gasteiger partial charge in [0.05, 0.1) is 6.04 Å². The van der Waals surface area contributed by atoms with E-state index < -0.39 is 53.8 Å². The molecule has 0 radical (unpaired) electrons. The van der Waals surface area contributed by atoms with E-state index in [9.17, 15) is 29.1 Å². The van der Waals surface area contributed by atoms with Gasteiger partial charge in [-0.05, 0) is 37.3 Å². The van der Waals surface area contributed by atoms with Crippen LogP contribution in [0.1, 0.15) is 45.6 Å². The lowest BCUT2D eigenvalue weighted by molar-refractivity contribution is -0.142. The number of hydrogen-bond acceptors (Lipinski definition) is 6. The zero-order valence-electron chi connectivity index (χ0n) is 21.2. The van der Waals surface area contributed by atoms with Crippen LogP contribution in [0.15, 0.2) is 30.5 Å². The van der Waals surface area contributed by atoms with Crippen LogP contribution in [0.5, 0.6) is 0 Å². The molecule has 0 aliphatic rings. The van der Waals surface area contributed by atoms with Gasteiger partial charge in [-0.25, -0.2) is 4.79 Å². The Hall–Kier alpha value is -3.93. The van der Waals surface area contributed by atoms with Crippen LogP contribution in [0.25, 0.3) is 10.9 Å². The summed E-state index contributed by atoms with van der Waals surface area (Å²) in [6, 6.07) is 3.04. The minimum Gasteiger partial charge on any atom is -0.480 e. The van der Waals surface area contributed by atoms with Crippen LogP contribution >= 0.6 is 0 Å². The summed E-state index contributed by atoms with van der Waals surface area (Å²) in [6.45, 7) is 5.25. The van der Waals surface area contributed by atoms with Crippen molar-refractivity contribution < 1.29 is 29.1 Å². The lowest BCUT2D eigenvalue weighted by Crippen LogP contribution is -2.57. The Morgan fingerprint density at radius 1 is 0.919 bits per heavy atom. The highest BCUT2D eigenvalue weighted by molar-refractivity contribution is 5.95. The van der Waals surface area contributed by atoms with Gasteiger partial charge in [-0.15, -0.1) is 0 Å². The monoisotopic (exact) mass is 516 g/mol. The molecule has 1 aromatic heterocycles. The molecule has 4 amide bonds. The van der Waals surface area contributed by atoms with E-state index in [1.165, 1.54) is 6.92 Å². The van der Waals surface area contributed by atoms with Crippen LogP contribution in [-0.4, -0.2) is 63.9 Å². The highest BCUT2D eigenvalue weighted by Gasteiger charge is 2.31. The molecule has 12 nitrogen and oxygen atoms in total. The first-order valence-electron chi connectivity index (χ1n) is 12.1. The number of carbonyl (C=O) groups is 5. The second kappa shape index (κ2) is 13.4. The van der Waals surface area contributed by atoms with Gasteiger partial charge in [0.2, 0.25) is 23.6 Å². The van der Waals surface area contributed by atoms with Crippen molar-refractivity contribution >= 4 is 40.5 Å². The van der Waals surface area contributed by atoms with E-state index >= 15 is 0 Å². The van der Waals surface area contributed by atoms with E-state index in [0.717, 1.165) is 16.5 Å². The number of hydrogen-bond donors (Lipinski definition) is 7. The molecule has 0 fully saturated rings. The Morgan fingerprint density at radius 2 is 1.51 bits per heavy atom. The Labute approximate surface area is 214 Å². The summed E-state index contributed by atoms with van der Waals surface area (Å²) in [5.41, 5.74) is 12.3. The molecule has 4 unspecified atom stereocenters. The molecule has 0 aliphatic heterocycles. The molecule has 0 saturated carbocycles. The molecular formula is C25H36N6O6. The third-order valence-electron chi connectivity index (χ3n) is 5.78. The summed E-state index contributed by atoms with van der Waals surface area (Å²) >= 11 is 0. The third kappa shape index (κ3) is 8.90. The van der Waals surface area contributed by atoms with E-state index in [0.29, 0.717) is 6.42 Å². The lowest BCUT2D eigenvalue weighted by atomic mass is 10.00. The van der Waals surface area contributed by atoms with E-state index in [1.54, 1.807) is 6.20 Å². The normalized spacial score (nSPS) is 14.4. The number of carboxylic acids is 1. The first kappa shape index (κ1) is 29.3. The molecule has 1 aromatic carbocycles. The van der Waals surface area contributed by atoms with Gasteiger partial charge in [0.15, 0.2) is 0 Å². The minimum absolute atomic E-state index is 0.0372. The Bertz CT molecular complexity index is 1130. The predicted octanol–water partition coefficient (Wildman–Crippen LogP) is -0.0918. The molecule has 12 heteroatoms. The minimum atomic E-state index is -1.38. The zero-order valence-corrected chi connectivity index (χ0v) is 21.2. The summed E-state index contributed by atoms with van der Waals surface area (Å²) in [5, 5.41) is 18.0. The number of fused-ring (bicyclic) bond motifs is 1. The molecule has 202 valence electrons. The summed E-state index contributed by atoms with van der Waals surface area (Å²) in [6.07, 6.45) is 1.60. The van der Waals surface area contributed by atoms with E-state index in [2.05, 4.69) is 20.9 Å². The van der Waals surface area contributed by atoms with E-state index in [1.807, 2.05) is 38.1 Å². The van der Waals surface area contributed by atoms with Crippen LogP contribution in [-0.2, 0) is 30.4 Å². The standard InChI is InChI=1S/C25H36N6O6/c1-13(2)10-19(30-22(33)14(3)26)23(34)31-20(11-15-12-28-17-7-5-4-6-16(15)17)24(35)29-18(25(36)37)8-9-21(27)32/h4-7,12-14,18-20,28H,8-11,26H2,1-3H3,(H2,27,32)(H,29,35)(H,30,33)(H,31,34)(H,36,37). The largest absolute Gasteiger partial charge is 0.480 e. The summed E-state index contributed by atoms with van der Waals surface area (Å²) < 4.78 is 0. The number of rotatable bonds is 14. The van der Waals surface area contributed by atoms with Crippen molar-refractivity contribution in [2.45, 2.75) is 70.6 Å². The maximum absolute atomic E-state index is 13.3. The van der Waals surface area contributed by atoms with Gasteiger partial charge in [-0.2, -0.15) is 0 Å². The van der Waals surface area contributed by atoms with Gasteiger partial charge in [0.1, 0.15) is 18.1 Å². The van der Waals surface area contributed by atoms with Crippen LogP contribution in [0, 0.1) is 5.92 Å². The summed E-state index contributed by atoms with van der Waals surface area (Å²) in [7, 11) is 0. The van der Waals surface area contributed by atoms with Crippen molar-refractivity contribution in [3.8, 4) is 0 Å². The maximum Gasteiger partial charge on any atom is 0.326 e. The van der Waals surface area contributed by atoms with E-state index in [4.69, 9.17) is 11.5 Å². The number of H-pyrrole nitrogens is 1. The van der Waals surface area contributed by atoms with Gasteiger partial charge in [-0.3, -0.25) is 19.2 Å². The zero-order chi connectivity index (χ0) is 27.7. The van der Waals surface area contributed by atoms with Gasteiger partial charge in [0.25, 0.3) is 0 Å². The second-order valence-corrected chi connectivity index (χ2v) is 9.51. The average Bonchev–Trinajstić information content (AvgIpc) is 3.22. The van der Waals surface area contributed by atoms with Crippen LogP contribution in [0.3, 0.4) is 0 Å². The number of para-hydroxylation sites is 1. The van der Waals surface area contributed by atoms with Crippen molar-refractivity contribution in [2.75, 3.05) is 0 Å². The third-order valence-corrected chi connectivity index (χ3v) is 5.78. The fourth-order valence-corrected chi connectivity index (χ4v) is 3.82. The molecule has 9 N–H and O–H groups in total. The molecule has 1 heterocycles. The number of aliphatic carboxylic acids is 1. The van der Waals surface area contributed by atoms with Gasteiger partial charge in [-0.1, -0.05) is 32.0 Å². The fourth-order valence-electron chi connectivity index (χ4n) is 3.82. The first-order chi connectivity index (χ1) is 17.4. The number of carbonyl (C=O) groups excluding carboxylic acids is 4. The van der Waals surface area contributed by atoms with Crippen molar-refractivity contribution in [1.29, 1.82) is 0 Å². The molecule has 2 rings (SSSR count). The number of aromatic amines is 1. The highest BCUT2D eigenvalue weighted by Crippen LogP contribution is 2.19. The number of carboxylic acid groups (broad SMARTS) is 1. The average molecular weight is 517 g/mol. The number of benzene rings is 1.